The predicted octanol–water partition coefficient (Wildman–Crippen LogP) is 5.30. The number of hydrogen-bond donors (Lipinski definition) is 2. The number of piperidine rings is 1. The fraction of sp³-hybridized carbons (Fsp3) is 0.364. The fourth-order valence-corrected chi connectivity index (χ4v) is 3.79. The summed E-state index contributed by atoms with van der Waals surface area (Å²) in [7, 11) is 0. The number of rotatable bonds is 3. The molecule has 1 aliphatic heterocycles. The van der Waals surface area contributed by atoms with E-state index in [0.717, 1.165) is 10.5 Å². The van der Waals surface area contributed by atoms with E-state index in [1.165, 1.54) is 0 Å². The predicted molar refractivity (Wildman–Crippen MR) is 106 cm³/mol. The van der Waals surface area contributed by atoms with Gasteiger partial charge < -0.3 is 15.3 Å². The van der Waals surface area contributed by atoms with E-state index in [2.05, 4.69) is 5.32 Å². The molecule has 11 heteroatoms. The summed E-state index contributed by atoms with van der Waals surface area (Å²) in [4.78, 5) is 25.3. The summed E-state index contributed by atoms with van der Waals surface area (Å²) in [6.45, 7) is 1.91. The molecule has 2 N–H and O–H groups in total. The minimum Gasteiger partial charge on any atom is -0.465 e. The lowest BCUT2D eigenvalue weighted by atomic mass is 9.85. The molecule has 1 fully saturated rings. The molecule has 2 atom stereocenters. The van der Waals surface area contributed by atoms with Crippen molar-refractivity contribution in [1.29, 1.82) is 0 Å². The third-order valence-electron chi connectivity index (χ3n) is 5.56. The van der Waals surface area contributed by atoms with Crippen LogP contribution in [-0.2, 0) is 12.4 Å². The Balaban J connectivity index is 1.92. The summed E-state index contributed by atoms with van der Waals surface area (Å²) in [5.41, 5.74) is -2.32. The third kappa shape index (κ3) is 5.77. The van der Waals surface area contributed by atoms with Crippen molar-refractivity contribution in [3.63, 3.8) is 0 Å². The van der Waals surface area contributed by atoms with Gasteiger partial charge in [-0.3, -0.25) is 4.79 Å². The molecule has 0 aromatic heterocycles. The molecule has 0 spiro atoms. The minimum absolute atomic E-state index is 0.0136. The van der Waals surface area contributed by atoms with Gasteiger partial charge in [-0.25, -0.2) is 4.79 Å². The van der Waals surface area contributed by atoms with Crippen molar-refractivity contribution >= 4 is 12.0 Å². The first kappa shape index (κ1) is 24.4. The quantitative estimate of drug-likeness (QED) is 0.594. The minimum atomic E-state index is -5.08. The van der Waals surface area contributed by atoms with Crippen LogP contribution in [0.5, 0.6) is 0 Å². The fourth-order valence-electron chi connectivity index (χ4n) is 3.79. The highest BCUT2D eigenvalue weighted by Crippen LogP contribution is 2.36. The van der Waals surface area contributed by atoms with Crippen molar-refractivity contribution in [3.05, 3.63) is 70.3 Å². The first-order chi connectivity index (χ1) is 15.3. The molecule has 2 aromatic carbocycles. The molecule has 1 saturated heterocycles. The largest absolute Gasteiger partial charge is 0.465 e. The lowest BCUT2D eigenvalue weighted by Gasteiger charge is -2.38. The Hall–Kier alpha value is -3.24. The van der Waals surface area contributed by atoms with E-state index in [1.807, 2.05) is 6.92 Å². The summed E-state index contributed by atoms with van der Waals surface area (Å²) >= 11 is 0. The number of hydrogen-bond acceptors (Lipinski definition) is 2. The molecule has 0 aliphatic carbocycles. The Morgan fingerprint density at radius 1 is 0.970 bits per heavy atom. The highest BCUT2D eigenvalue weighted by molar-refractivity contribution is 5.95. The van der Waals surface area contributed by atoms with E-state index in [4.69, 9.17) is 0 Å². The van der Waals surface area contributed by atoms with Crippen LogP contribution in [0.15, 0.2) is 42.5 Å². The van der Waals surface area contributed by atoms with Gasteiger partial charge in [-0.2, -0.15) is 26.3 Å². The number of nitrogens with one attached hydrogen (secondary N) is 1. The number of amides is 2. The second-order valence-corrected chi connectivity index (χ2v) is 7.91. The van der Waals surface area contributed by atoms with Crippen LogP contribution in [0, 0.1) is 6.92 Å². The van der Waals surface area contributed by atoms with Crippen molar-refractivity contribution in [2.45, 2.75) is 37.7 Å². The summed E-state index contributed by atoms with van der Waals surface area (Å²) in [6, 6.07) is 7.08. The number of carboxylic acid groups (broad SMARTS) is 1. The molecule has 3 rings (SSSR count). The van der Waals surface area contributed by atoms with Gasteiger partial charge in [0, 0.05) is 30.6 Å². The Morgan fingerprint density at radius 2 is 1.52 bits per heavy atom. The SMILES string of the molecule is Cc1ccc([C@@H]2CN(C(=O)O)CC[C@H]2NC(=O)c2cc(C(F)(F)F)cc(C(F)(F)F)c2)cc1. The van der Waals surface area contributed by atoms with E-state index >= 15 is 0 Å². The van der Waals surface area contributed by atoms with Crippen LogP contribution in [0.3, 0.4) is 0 Å². The third-order valence-corrected chi connectivity index (χ3v) is 5.56. The van der Waals surface area contributed by atoms with E-state index in [9.17, 15) is 41.0 Å². The van der Waals surface area contributed by atoms with E-state index in [1.54, 1.807) is 24.3 Å². The highest BCUT2D eigenvalue weighted by Gasteiger charge is 2.38. The lowest BCUT2D eigenvalue weighted by Crippen LogP contribution is -2.51. The molecule has 0 radical (unpaired) electrons. The van der Waals surface area contributed by atoms with Crippen molar-refractivity contribution in [2.75, 3.05) is 13.1 Å². The van der Waals surface area contributed by atoms with Gasteiger partial charge in [-0.05, 0) is 37.1 Å². The summed E-state index contributed by atoms with van der Waals surface area (Å²) in [5, 5.41) is 11.9. The average Bonchev–Trinajstić information content (AvgIpc) is 2.73. The van der Waals surface area contributed by atoms with Crippen molar-refractivity contribution in [2.24, 2.45) is 0 Å². The molecular formula is C22H20F6N2O3. The Morgan fingerprint density at radius 3 is 2.00 bits per heavy atom. The van der Waals surface area contributed by atoms with Crippen LogP contribution in [0.4, 0.5) is 31.1 Å². The normalized spacial score (nSPS) is 19.3. The highest BCUT2D eigenvalue weighted by atomic mass is 19.4. The maximum atomic E-state index is 13.1. The maximum Gasteiger partial charge on any atom is 0.416 e. The standard InChI is InChI=1S/C22H20F6N2O3/c1-12-2-4-13(5-3-12)17-11-30(20(32)33)7-6-18(17)29-19(31)14-8-15(21(23,24)25)10-16(9-14)22(26,27)28/h2-5,8-10,17-18H,6-7,11H2,1H3,(H,29,31)(H,32,33)/t17-,18+/m0/s1. The van der Waals surface area contributed by atoms with Crippen LogP contribution in [0.1, 0.15) is 45.0 Å². The number of halogens is 6. The van der Waals surface area contributed by atoms with Crippen LogP contribution in [0.2, 0.25) is 0 Å². The number of carbonyl (C=O) groups is 2. The van der Waals surface area contributed by atoms with Gasteiger partial charge in [-0.15, -0.1) is 0 Å². The van der Waals surface area contributed by atoms with Crippen LogP contribution in [-0.4, -0.2) is 41.1 Å². The zero-order valence-electron chi connectivity index (χ0n) is 17.3. The van der Waals surface area contributed by atoms with Gasteiger partial charge in [-0.1, -0.05) is 29.8 Å². The van der Waals surface area contributed by atoms with Crippen molar-refractivity contribution < 1.29 is 41.0 Å². The smallest absolute Gasteiger partial charge is 0.416 e. The molecule has 33 heavy (non-hydrogen) atoms. The summed E-state index contributed by atoms with van der Waals surface area (Å²) in [5.74, 6) is -1.63. The Kier molecular flexibility index (Phi) is 6.62. The lowest BCUT2D eigenvalue weighted by molar-refractivity contribution is -0.143. The van der Waals surface area contributed by atoms with Gasteiger partial charge >= 0.3 is 18.4 Å². The monoisotopic (exact) mass is 474 g/mol. The Labute approximate surface area is 185 Å². The first-order valence-corrected chi connectivity index (χ1v) is 9.90. The topological polar surface area (TPSA) is 69.6 Å². The molecule has 2 aromatic rings. The second kappa shape index (κ2) is 8.95. The summed E-state index contributed by atoms with van der Waals surface area (Å²) in [6.07, 6.45) is -11.2. The molecule has 0 unspecified atom stereocenters. The number of benzene rings is 2. The van der Waals surface area contributed by atoms with Gasteiger partial charge in [0.2, 0.25) is 0 Å². The zero-order chi connectivity index (χ0) is 24.6. The molecular weight excluding hydrogens is 454 g/mol. The number of likely N-dealkylation sites (tertiary alicyclic amines) is 1. The molecule has 5 nitrogen and oxygen atoms in total. The number of nitrogens with zero attached hydrogens (tertiary/aromatic N) is 1. The van der Waals surface area contributed by atoms with E-state index < -0.39 is 53.0 Å². The second-order valence-electron chi connectivity index (χ2n) is 7.91. The average molecular weight is 474 g/mol. The Bertz CT molecular complexity index is 1000. The van der Waals surface area contributed by atoms with Crippen LogP contribution < -0.4 is 5.32 Å². The molecule has 0 bridgehead atoms. The number of alkyl halides is 6. The van der Waals surface area contributed by atoms with Crippen LogP contribution in [0.25, 0.3) is 0 Å². The van der Waals surface area contributed by atoms with Crippen molar-refractivity contribution in [1.82, 2.24) is 10.2 Å². The van der Waals surface area contributed by atoms with E-state index in [0.29, 0.717) is 17.7 Å². The molecule has 0 saturated carbocycles. The number of carbonyl (C=O) groups excluding carboxylic acids is 1. The van der Waals surface area contributed by atoms with Crippen molar-refractivity contribution in [3.8, 4) is 0 Å². The molecule has 1 aliphatic rings. The number of aryl methyl sites for hydroxylation is 1. The van der Waals surface area contributed by atoms with E-state index in [-0.39, 0.29) is 25.6 Å². The van der Waals surface area contributed by atoms with Gasteiger partial charge in [0.05, 0.1) is 11.1 Å². The van der Waals surface area contributed by atoms with Gasteiger partial charge in [0.25, 0.3) is 5.91 Å². The molecule has 1 heterocycles. The maximum absolute atomic E-state index is 13.1. The molecule has 178 valence electrons. The van der Waals surface area contributed by atoms with Gasteiger partial charge in [0.1, 0.15) is 0 Å². The summed E-state index contributed by atoms with van der Waals surface area (Å²) < 4.78 is 78.8. The van der Waals surface area contributed by atoms with Crippen LogP contribution >= 0.6 is 0 Å². The molecule has 2 amide bonds. The first-order valence-electron chi connectivity index (χ1n) is 9.90. The van der Waals surface area contributed by atoms with Gasteiger partial charge in [0.15, 0.2) is 0 Å². The zero-order valence-corrected chi connectivity index (χ0v) is 17.3.